The fraction of sp³-hybridized carbons (Fsp3) is 0.444. The normalized spacial score (nSPS) is 16.3. The standard InChI is InChI=1S/C25H30O2.C2H6/c1-15-12-18(23(26)27)8-9-19(15)17(3)20-14-22-21(13-16(20)2)24(4,5)10-11-25(22,6)7;1-2/h8-9,12-14H,3,10-11H2,1-2,4-7H3,(H,26,27);1-2H3. The number of aryl methyl sites for hydroxylation is 2. The molecule has 2 nitrogen and oxygen atoms in total. The molecule has 0 spiro atoms. The molecule has 2 aromatic carbocycles. The van der Waals surface area contributed by atoms with Crippen LogP contribution in [0.25, 0.3) is 5.57 Å². The van der Waals surface area contributed by atoms with Gasteiger partial charge in [-0.3, -0.25) is 0 Å². The number of rotatable bonds is 3. The van der Waals surface area contributed by atoms with Crippen LogP contribution in [-0.4, -0.2) is 11.1 Å². The molecule has 0 atom stereocenters. The fourth-order valence-electron chi connectivity index (χ4n) is 4.33. The Balaban J connectivity index is 0.00000145. The summed E-state index contributed by atoms with van der Waals surface area (Å²) in [6, 6.07) is 9.95. The molecule has 29 heavy (non-hydrogen) atoms. The average molecular weight is 393 g/mol. The van der Waals surface area contributed by atoms with Crippen LogP contribution in [0.3, 0.4) is 0 Å². The quantitative estimate of drug-likeness (QED) is 0.589. The van der Waals surface area contributed by atoms with Gasteiger partial charge in [0.2, 0.25) is 0 Å². The van der Waals surface area contributed by atoms with Gasteiger partial charge in [-0.1, -0.05) is 66.3 Å². The molecule has 156 valence electrons. The SMILES string of the molecule is C=C(c1ccc(C(=O)O)cc1C)c1cc2c(cc1C)C(C)(C)CCC2(C)C.CC. The zero-order valence-electron chi connectivity index (χ0n) is 19.4. The second-order valence-electron chi connectivity index (χ2n) is 9.29. The van der Waals surface area contributed by atoms with E-state index in [9.17, 15) is 9.90 Å². The van der Waals surface area contributed by atoms with Crippen molar-refractivity contribution < 1.29 is 9.90 Å². The molecule has 1 aliphatic carbocycles. The van der Waals surface area contributed by atoms with Crippen molar-refractivity contribution in [2.45, 2.75) is 79.1 Å². The highest BCUT2D eigenvalue weighted by Crippen LogP contribution is 2.47. The zero-order chi connectivity index (χ0) is 22.1. The van der Waals surface area contributed by atoms with Gasteiger partial charge in [-0.15, -0.1) is 0 Å². The van der Waals surface area contributed by atoms with Crippen LogP contribution in [0.4, 0.5) is 0 Å². The molecule has 0 radical (unpaired) electrons. The molecular formula is C27H36O2. The van der Waals surface area contributed by atoms with E-state index in [0.717, 1.165) is 22.3 Å². The van der Waals surface area contributed by atoms with E-state index in [-0.39, 0.29) is 10.8 Å². The van der Waals surface area contributed by atoms with Gasteiger partial charge in [0, 0.05) is 0 Å². The molecule has 0 saturated carbocycles. The highest BCUT2D eigenvalue weighted by atomic mass is 16.4. The van der Waals surface area contributed by atoms with Crippen LogP contribution >= 0.6 is 0 Å². The molecule has 0 unspecified atom stereocenters. The van der Waals surface area contributed by atoms with Crippen molar-refractivity contribution in [3.05, 3.63) is 75.9 Å². The lowest BCUT2D eigenvalue weighted by atomic mass is 9.62. The maximum Gasteiger partial charge on any atom is 0.335 e. The van der Waals surface area contributed by atoms with Crippen LogP contribution in [0.15, 0.2) is 36.9 Å². The molecule has 0 amide bonds. The number of carbonyl (C=O) groups is 1. The maximum absolute atomic E-state index is 11.2. The van der Waals surface area contributed by atoms with E-state index in [0.29, 0.717) is 5.56 Å². The first-order chi connectivity index (χ1) is 13.4. The highest BCUT2D eigenvalue weighted by molar-refractivity contribution is 5.90. The Kier molecular flexibility index (Phi) is 6.47. The molecule has 2 aromatic rings. The Hall–Kier alpha value is -2.35. The predicted octanol–water partition coefficient (Wildman–Crippen LogP) is 7.44. The largest absolute Gasteiger partial charge is 0.478 e. The van der Waals surface area contributed by atoms with Gasteiger partial charge in [-0.25, -0.2) is 4.79 Å². The third kappa shape index (κ3) is 4.32. The molecular weight excluding hydrogens is 356 g/mol. The molecule has 0 saturated heterocycles. The van der Waals surface area contributed by atoms with E-state index in [1.165, 1.54) is 29.5 Å². The smallest absolute Gasteiger partial charge is 0.335 e. The number of hydrogen-bond donors (Lipinski definition) is 1. The lowest BCUT2D eigenvalue weighted by molar-refractivity contribution is 0.0696. The molecule has 0 aliphatic heterocycles. The highest BCUT2D eigenvalue weighted by Gasteiger charge is 2.37. The van der Waals surface area contributed by atoms with Gasteiger partial charge >= 0.3 is 5.97 Å². The first kappa shape index (κ1) is 22.9. The molecule has 1 N–H and O–H groups in total. The van der Waals surface area contributed by atoms with Gasteiger partial charge in [0.25, 0.3) is 0 Å². The second-order valence-corrected chi connectivity index (χ2v) is 9.29. The summed E-state index contributed by atoms with van der Waals surface area (Å²) < 4.78 is 0. The van der Waals surface area contributed by atoms with Crippen molar-refractivity contribution in [2.75, 3.05) is 0 Å². The van der Waals surface area contributed by atoms with Gasteiger partial charge in [0.1, 0.15) is 0 Å². The van der Waals surface area contributed by atoms with Gasteiger partial charge < -0.3 is 5.11 Å². The number of aromatic carboxylic acids is 1. The Morgan fingerprint density at radius 3 is 1.83 bits per heavy atom. The Bertz CT molecular complexity index is 945. The van der Waals surface area contributed by atoms with E-state index in [1.807, 2.05) is 26.8 Å². The number of fused-ring (bicyclic) bond motifs is 1. The van der Waals surface area contributed by atoms with E-state index in [4.69, 9.17) is 0 Å². The third-order valence-electron chi connectivity index (χ3n) is 6.32. The second kappa shape index (κ2) is 8.18. The number of carboxylic acids is 1. The van der Waals surface area contributed by atoms with E-state index in [1.54, 1.807) is 12.1 Å². The molecule has 0 bridgehead atoms. The summed E-state index contributed by atoms with van der Waals surface area (Å²) >= 11 is 0. The summed E-state index contributed by atoms with van der Waals surface area (Å²) in [5.41, 5.74) is 8.82. The van der Waals surface area contributed by atoms with Crippen LogP contribution in [-0.2, 0) is 10.8 Å². The first-order valence-electron chi connectivity index (χ1n) is 10.6. The minimum atomic E-state index is -0.899. The summed E-state index contributed by atoms with van der Waals surface area (Å²) in [6.45, 7) is 21.8. The van der Waals surface area contributed by atoms with E-state index < -0.39 is 5.97 Å². The van der Waals surface area contributed by atoms with Crippen LogP contribution in [0.2, 0.25) is 0 Å². The summed E-state index contributed by atoms with van der Waals surface area (Å²) in [6.07, 6.45) is 2.37. The van der Waals surface area contributed by atoms with E-state index in [2.05, 4.69) is 53.3 Å². The van der Waals surface area contributed by atoms with Gasteiger partial charge in [0.15, 0.2) is 0 Å². The van der Waals surface area contributed by atoms with Crippen LogP contribution in [0.5, 0.6) is 0 Å². The van der Waals surface area contributed by atoms with Crippen molar-refractivity contribution in [2.24, 2.45) is 0 Å². The molecule has 0 fully saturated rings. The Morgan fingerprint density at radius 2 is 1.34 bits per heavy atom. The van der Waals surface area contributed by atoms with Crippen molar-refractivity contribution in [3.63, 3.8) is 0 Å². The van der Waals surface area contributed by atoms with Gasteiger partial charge in [-0.2, -0.15) is 0 Å². The van der Waals surface area contributed by atoms with Crippen molar-refractivity contribution in [1.29, 1.82) is 0 Å². The van der Waals surface area contributed by atoms with Crippen LogP contribution in [0.1, 0.15) is 98.1 Å². The van der Waals surface area contributed by atoms with Gasteiger partial charge in [-0.05, 0) is 88.6 Å². The van der Waals surface area contributed by atoms with Crippen LogP contribution < -0.4 is 0 Å². The van der Waals surface area contributed by atoms with Crippen molar-refractivity contribution in [3.8, 4) is 0 Å². The molecule has 0 heterocycles. The van der Waals surface area contributed by atoms with Gasteiger partial charge in [0.05, 0.1) is 5.56 Å². The first-order valence-corrected chi connectivity index (χ1v) is 10.6. The monoisotopic (exact) mass is 392 g/mol. The lowest BCUT2D eigenvalue weighted by Crippen LogP contribution is -2.34. The molecule has 2 heteroatoms. The number of carboxylic acid groups (broad SMARTS) is 1. The molecule has 1 aliphatic rings. The minimum absolute atomic E-state index is 0.149. The zero-order valence-corrected chi connectivity index (χ0v) is 19.4. The van der Waals surface area contributed by atoms with E-state index >= 15 is 0 Å². The fourth-order valence-corrected chi connectivity index (χ4v) is 4.33. The molecule has 0 aromatic heterocycles. The summed E-state index contributed by atoms with van der Waals surface area (Å²) in [5, 5.41) is 9.22. The van der Waals surface area contributed by atoms with Crippen molar-refractivity contribution >= 4 is 11.5 Å². The third-order valence-corrected chi connectivity index (χ3v) is 6.32. The Morgan fingerprint density at radius 1 is 0.862 bits per heavy atom. The summed E-state index contributed by atoms with van der Waals surface area (Å²) in [7, 11) is 0. The maximum atomic E-state index is 11.2. The Labute approximate surface area is 176 Å². The average Bonchev–Trinajstić information content (AvgIpc) is 2.66. The van der Waals surface area contributed by atoms with Crippen LogP contribution in [0, 0.1) is 13.8 Å². The minimum Gasteiger partial charge on any atom is -0.478 e. The van der Waals surface area contributed by atoms with Crippen molar-refractivity contribution in [1.82, 2.24) is 0 Å². The molecule has 3 rings (SSSR count). The number of benzene rings is 2. The topological polar surface area (TPSA) is 37.3 Å². The summed E-state index contributed by atoms with van der Waals surface area (Å²) in [5.74, 6) is -0.899. The number of hydrogen-bond acceptors (Lipinski definition) is 1. The lowest BCUT2D eigenvalue weighted by Gasteiger charge is -2.42. The predicted molar refractivity (Wildman–Crippen MR) is 124 cm³/mol. The summed E-state index contributed by atoms with van der Waals surface area (Å²) in [4.78, 5) is 11.2.